The van der Waals surface area contributed by atoms with Gasteiger partial charge in [-0.2, -0.15) is 0 Å². The van der Waals surface area contributed by atoms with Crippen LogP contribution < -0.4 is 9.62 Å². The summed E-state index contributed by atoms with van der Waals surface area (Å²) in [5, 5.41) is 3.58. The standard InChI is InChI=1S/C26H26Cl3N3O4S/c1-3-30-26(34)18(2)31(16-19-8-7-9-20(27)12-19)25(33)17-32(23-14-21(28)13-22(29)15-23)37(35,36)24-10-5-4-6-11-24/h4-15,18H,3,16-17H2,1-2H3,(H,30,34)/t18-/m1/s1. The van der Waals surface area contributed by atoms with Gasteiger partial charge in [-0.15, -0.1) is 0 Å². The van der Waals surface area contributed by atoms with Gasteiger partial charge in [0.15, 0.2) is 0 Å². The maximum absolute atomic E-state index is 13.8. The Kier molecular flexibility index (Phi) is 9.84. The third-order valence-electron chi connectivity index (χ3n) is 5.51. The number of sulfonamides is 1. The Morgan fingerprint density at radius 1 is 0.892 bits per heavy atom. The monoisotopic (exact) mass is 581 g/mol. The van der Waals surface area contributed by atoms with Gasteiger partial charge in [-0.05, 0) is 61.9 Å². The van der Waals surface area contributed by atoms with E-state index in [2.05, 4.69) is 5.32 Å². The van der Waals surface area contributed by atoms with Crippen molar-refractivity contribution in [3.8, 4) is 0 Å². The highest BCUT2D eigenvalue weighted by molar-refractivity contribution is 7.92. The predicted octanol–water partition coefficient (Wildman–Crippen LogP) is 5.40. The SMILES string of the molecule is CCNC(=O)[C@@H](C)N(Cc1cccc(Cl)c1)C(=O)CN(c1cc(Cl)cc(Cl)c1)S(=O)(=O)c1ccccc1. The van der Waals surface area contributed by atoms with Crippen molar-refractivity contribution in [2.75, 3.05) is 17.4 Å². The number of hydrogen-bond acceptors (Lipinski definition) is 4. The van der Waals surface area contributed by atoms with Crippen LogP contribution in [-0.4, -0.2) is 44.3 Å². The van der Waals surface area contributed by atoms with Crippen molar-refractivity contribution in [3.05, 3.63) is 93.4 Å². The predicted molar refractivity (Wildman–Crippen MR) is 148 cm³/mol. The Morgan fingerprint density at radius 3 is 2.14 bits per heavy atom. The van der Waals surface area contributed by atoms with Gasteiger partial charge in [-0.25, -0.2) is 8.42 Å². The Balaban J connectivity index is 2.05. The highest BCUT2D eigenvalue weighted by atomic mass is 35.5. The van der Waals surface area contributed by atoms with Crippen molar-refractivity contribution in [1.82, 2.24) is 10.2 Å². The Bertz CT molecular complexity index is 1350. The summed E-state index contributed by atoms with van der Waals surface area (Å²) in [5.74, 6) is -0.976. The van der Waals surface area contributed by atoms with Crippen LogP contribution in [0.4, 0.5) is 5.69 Å². The average molecular weight is 583 g/mol. The average Bonchev–Trinajstić information content (AvgIpc) is 2.85. The maximum atomic E-state index is 13.8. The number of nitrogens with zero attached hydrogens (tertiary/aromatic N) is 2. The lowest BCUT2D eigenvalue weighted by Gasteiger charge is -2.32. The molecule has 11 heteroatoms. The number of carbonyl (C=O) groups is 2. The molecule has 3 aromatic carbocycles. The Morgan fingerprint density at radius 2 is 1.54 bits per heavy atom. The molecule has 0 aliphatic rings. The molecule has 1 atom stereocenters. The number of anilines is 1. The van der Waals surface area contributed by atoms with E-state index in [0.29, 0.717) is 17.1 Å². The molecule has 0 saturated carbocycles. The fraction of sp³-hybridized carbons (Fsp3) is 0.231. The van der Waals surface area contributed by atoms with Gasteiger partial charge < -0.3 is 10.2 Å². The van der Waals surface area contributed by atoms with Crippen molar-refractivity contribution < 1.29 is 18.0 Å². The fourth-order valence-corrected chi connectivity index (χ4v) is 5.81. The highest BCUT2D eigenvalue weighted by Gasteiger charge is 2.32. The summed E-state index contributed by atoms with van der Waals surface area (Å²) in [6, 6.07) is 18.0. The second-order valence-corrected chi connectivity index (χ2v) is 11.3. The molecule has 1 N–H and O–H groups in total. The van der Waals surface area contributed by atoms with E-state index in [4.69, 9.17) is 34.8 Å². The number of halogens is 3. The minimum absolute atomic E-state index is 0.0166. The summed E-state index contributed by atoms with van der Waals surface area (Å²) >= 11 is 18.5. The first-order valence-electron chi connectivity index (χ1n) is 11.4. The van der Waals surface area contributed by atoms with Gasteiger partial charge in [-0.3, -0.25) is 13.9 Å². The van der Waals surface area contributed by atoms with Crippen molar-refractivity contribution in [3.63, 3.8) is 0 Å². The zero-order valence-corrected chi connectivity index (χ0v) is 23.3. The quantitative estimate of drug-likeness (QED) is 0.347. The van der Waals surface area contributed by atoms with Gasteiger partial charge >= 0.3 is 0 Å². The normalized spacial score (nSPS) is 12.0. The van der Waals surface area contributed by atoms with E-state index in [1.807, 2.05) is 0 Å². The zero-order valence-electron chi connectivity index (χ0n) is 20.2. The van der Waals surface area contributed by atoms with E-state index < -0.39 is 28.5 Å². The van der Waals surface area contributed by atoms with Crippen molar-refractivity contribution >= 4 is 62.3 Å². The molecular formula is C26H26Cl3N3O4S. The molecule has 0 spiro atoms. The van der Waals surface area contributed by atoms with E-state index in [-0.39, 0.29) is 33.1 Å². The molecule has 0 saturated heterocycles. The van der Waals surface area contributed by atoms with Crippen LogP contribution in [0.3, 0.4) is 0 Å². The zero-order chi connectivity index (χ0) is 27.2. The summed E-state index contributed by atoms with van der Waals surface area (Å²) in [7, 11) is -4.21. The van der Waals surface area contributed by atoms with Crippen LogP contribution in [0, 0.1) is 0 Å². The van der Waals surface area contributed by atoms with E-state index >= 15 is 0 Å². The van der Waals surface area contributed by atoms with Crippen LogP contribution in [0.1, 0.15) is 19.4 Å². The summed E-state index contributed by atoms with van der Waals surface area (Å²) in [4.78, 5) is 27.8. The molecule has 3 aromatic rings. The molecule has 196 valence electrons. The number of nitrogens with one attached hydrogen (secondary N) is 1. The number of amides is 2. The molecule has 0 radical (unpaired) electrons. The summed E-state index contributed by atoms with van der Waals surface area (Å²) in [6.07, 6.45) is 0. The molecule has 0 bridgehead atoms. The van der Waals surface area contributed by atoms with Crippen LogP contribution >= 0.6 is 34.8 Å². The molecular weight excluding hydrogens is 557 g/mol. The van der Waals surface area contributed by atoms with Crippen LogP contribution in [0.25, 0.3) is 0 Å². The molecule has 0 unspecified atom stereocenters. The molecule has 2 amide bonds. The van der Waals surface area contributed by atoms with Crippen LogP contribution in [0.15, 0.2) is 77.7 Å². The van der Waals surface area contributed by atoms with E-state index in [9.17, 15) is 18.0 Å². The molecule has 37 heavy (non-hydrogen) atoms. The molecule has 0 aliphatic heterocycles. The Labute approximate surface area is 232 Å². The second kappa shape index (κ2) is 12.6. The molecule has 0 fully saturated rings. The van der Waals surface area contributed by atoms with Gasteiger partial charge in [0.2, 0.25) is 11.8 Å². The third kappa shape index (κ3) is 7.38. The van der Waals surface area contributed by atoms with Gasteiger partial charge in [-0.1, -0.05) is 65.1 Å². The lowest BCUT2D eigenvalue weighted by atomic mass is 10.1. The van der Waals surface area contributed by atoms with Gasteiger partial charge in [0.05, 0.1) is 10.6 Å². The van der Waals surface area contributed by atoms with E-state index in [1.165, 1.54) is 35.2 Å². The summed E-state index contributed by atoms with van der Waals surface area (Å²) < 4.78 is 28.3. The van der Waals surface area contributed by atoms with Crippen molar-refractivity contribution in [1.29, 1.82) is 0 Å². The topological polar surface area (TPSA) is 86.8 Å². The number of benzene rings is 3. The highest BCUT2D eigenvalue weighted by Crippen LogP contribution is 2.30. The van der Waals surface area contributed by atoms with E-state index in [1.54, 1.807) is 56.3 Å². The number of rotatable bonds is 10. The smallest absolute Gasteiger partial charge is 0.264 e. The molecule has 0 aliphatic carbocycles. The third-order valence-corrected chi connectivity index (χ3v) is 7.97. The summed E-state index contributed by atoms with van der Waals surface area (Å²) in [6.45, 7) is 3.16. The molecule has 3 rings (SSSR count). The van der Waals surface area contributed by atoms with Gasteiger partial charge in [0.25, 0.3) is 10.0 Å². The van der Waals surface area contributed by atoms with E-state index in [0.717, 1.165) is 4.31 Å². The van der Waals surface area contributed by atoms with Crippen LogP contribution in [-0.2, 0) is 26.2 Å². The van der Waals surface area contributed by atoms with Gasteiger partial charge in [0.1, 0.15) is 12.6 Å². The first kappa shape index (κ1) is 28.8. The minimum atomic E-state index is -4.21. The minimum Gasteiger partial charge on any atom is -0.355 e. The molecule has 7 nitrogen and oxygen atoms in total. The molecule has 0 aromatic heterocycles. The van der Waals surface area contributed by atoms with Crippen LogP contribution in [0.2, 0.25) is 15.1 Å². The van der Waals surface area contributed by atoms with Crippen molar-refractivity contribution in [2.45, 2.75) is 31.3 Å². The van der Waals surface area contributed by atoms with Crippen molar-refractivity contribution in [2.24, 2.45) is 0 Å². The number of likely N-dealkylation sites (N-methyl/N-ethyl adjacent to an activating group) is 1. The Hall–Kier alpha value is -2.78. The number of hydrogen-bond donors (Lipinski definition) is 1. The first-order valence-corrected chi connectivity index (χ1v) is 14.0. The fourth-order valence-electron chi connectivity index (χ4n) is 3.67. The van der Waals surface area contributed by atoms with Crippen LogP contribution in [0.5, 0.6) is 0 Å². The lowest BCUT2D eigenvalue weighted by Crippen LogP contribution is -2.51. The lowest BCUT2D eigenvalue weighted by molar-refractivity contribution is -0.139. The largest absolute Gasteiger partial charge is 0.355 e. The maximum Gasteiger partial charge on any atom is 0.264 e. The number of carbonyl (C=O) groups excluding carboxylic acids is 2. The summed E-state index contributed by atoms with van der Waals surface area (Å²) in [5.41, 5.74) is 0.795. The molecule has 0 heterocycles. The van der Waals surface area contributed by atoms with Gasteiger partial charge in [0, 0.05) is 28.2 Å². The second-order valence-electron chi connectivity index (χ2n) is 8.17. The first-order chi connectivity index (χ1) is 17.5.